The third kappa shape index (κ3) is 4.50. The molecular formula is C15H11ClF2NO4S-. The third-order valence-electron chi connectivity index (χ3n) is 3.12. The van der Waals surface area contributed by atoms with Crippen LogP contribution in [0.2, 0.25) is 5.02 Å². The van der Waals surface area contributed by atoms with Crippen LogP contribution in [-0.2, 0) is 14.8 Å². The van der Waals surface area contributed by atoms with Gasteiger partial charge in [-0.2, -0.15) is 0 Å². The Balaban J connectivity index is 2.37. The van der Waals surface area contributed by atoms with E-state index in [1.807, 2.05) is 0 Å². The van der Waals surface area contributed by atoms with Crippen LogP contribution in [0.5, 0.6) is 0 Å². The summed E-state index contributed by atoms with van der Waals surface area (Å²) in [4.78, 5) is 10.1. The molecule has 5 nitrogen and oxygen atoms in total. The molecule has 1 atom stereocenters. The maximum absolute atomic E-state index is 13.7. The van der Waals surface area contributed by atoms with Gasteiger partial charge in [0.1, 0.15) is 16.5 Å². The number of halogens is 3. The van der Waals surface area contributed by atoms with Gasteiger partial charge >= 0.3 is 0 Å². The summed E-state index contributed by atoms with van der Waals surface area (Å²) in [6.07, 6.45) is -0.677. The molecule has 2 aromatic rings. The monoisotopic (exact) mass is 374 g/mol. The van der Waals surface area contributed by atoms with Crippen LogP contribution in [0.15, 0.2) is 47.4 Å². The second kappa shape index (κ2) is 7.25. The average Bonchev–Trinajstić information content (AvgIpc) is 2.46. The van der Waals surface area contributed by atoms with Crippen LogP contribution < -0.4 is 9.83 Å². The molecule has 2 aromatic carbocycles. The Hall–Kier alpha value is -2.03. The first-order valence-corrected chi connectivity index (χ1v) is 8.48. The highest BCUT2D eigenvalue weighted by molar-refractivity contribution is 7.89. The lowest BCUT2D eigenvalue weighted by Gasteiger charge is -2.20. The van der Waals surface area contributed by atoms with E-state index < -0.39 is 45.0 Å². The molecule has 0 fully saturated rings. The van der Waals surface area contributed by atoms with Crippen molar-refractivity contribution in [3.05, 3.63) is 64.7 Å². The molecule has 0 saturated carbocycles. The van der Waals surface area contributed by atoms with Crippen LogP contribution in [0.3, 0.4) is 0 Å². The fourth-order valence-electron chi connectivity index (χ4n) is 2.03. The second-order valence-corrected chi connectivity index (χ2v) is 7.00. The highest BCUT2D eigenvalue weighted by Gasteiger charge is 2.24. The Kier molecular flexibility index (Phi) is 5.53. The minimum absolute atomic E-state index is 0.301. The predicted octanol–water partition coefficient (Wildman–Crippen LogP) is 1.78. The number of benzene rings is 2. The first kappa shape index (κ1) is 18.3. The van der Waals surface area contributed by atoms with Crippen molar-refractivity contribution in [2.45, 2.75) is 17.4 Å². The van der Waals surface area contributed by atoms with E-state index in [0.29, 0.717) is 16.7 Å². The average molecular weight is 375 g/mol. The van der Waals surface area contributed by atoms with Crippen molar-refractivity contribution < 1.29 is 27.1 Å². The van der Waals surface area contributed by atoms with Crippen molar-refractivity contribution in [1.29, 1.82) is 0 Å². The van der Waals surface area contributed by atoms with Gasteiger partial charge in [-0.25, -0.2) is 21.9 Å². The Labute approximate surface area is 141 Å². The number of aliphatic carboxylic acids is 1. The Morgan fingerprint density at radius 2 is 1.79 bits per heavy atom. The van der Waals surface area contributed by atoms with Crippen molar-refractivity contribution in [2.24, 2.45) is 0 Å². The quantitative estimate of drug-likeness (QED) is 0.835. The molecule has 0 amide bonds. The summed E-state index contributed by atoms with van der Waals surface area (Å²) in [6.45, 7) is 0. The van der Waals surface area contributed by atoms with Gasteiger partial charge in [0.25, 0.3) is 0 Å². The standard InChI is InChI=1S/C15H12ClF2NO4S/c16-10-3-1-9(2-4-10)13(8-15(20)21)19-24(22,23)14-6-5-11(17)7-12(14)18/h1-7,13,19H,8H2,(H,20,21)/p-1/t13-/m0/s1. The Morgan fingerprint density at radius 1 is 1.17 bits per heavy atom. The molecule has 9 heteroatoms. The molecule has 24 heavy (non-hydrogen) atoms. The summed E-state index contributed by atoms with van der Waals surface area (Å²) in [6, 6.07) is 6.52. The molecule has 0 aliphatic heterocycles. The van der Waals surface area contributed by atoms with Crippen LogP contribution >= 0.6 is 11.6 Å². The van der Waals surface area contributed by atoms with Gasteiger partial charge in [0.05, 0.1) is 6.04 Å². The van der Waals surface area contributed by atoms with Gasteiger partial charge in [-0.15, -0.1) is 0 Å². The van der Waals surface area contributed by atoms with E-state index in [0.717, 1.165) is 12.1 Å². The van der Waals surface area contributed by atoms with E-state index in [1.165, 1.54) is 24.3 Å². The minimum atomic E-state index is -4.43. The Morgan fingerprint density at radius 3 is 2.33 bits per heavy atom. The molecule has 0 heterocycles. The number of carbonyl (C=O) groups excluding carboxylic acids is 1. The molecule has 0 aromatic heterocycles. The van der Waals surface area contributed by atoms with E-state index >= 15 is 0 Å². The third-order valence-corrected chi connectivity index (χ3v) is 4.88. The number of carboxylic acid groups (broad SMARTS) is 1. The zero-order valence-corrected chi connectivity index (χ0v) is 13.6. The van der Waals surface area contributed by atoms with E-state index in [2.05, 4.69) is 4.72 Å². The number of hydrogen-bond donors (Lipinski definition) is 1. The van der Waals surface area contributed by atoms with E-state index in [1.54, 1.807) is 0 Å². The predicted molar refractivity (Wildman–Crippen MR) is 80.5 cm³/mol. The fraction of sp³-hybridized carbons (Fsp3) is 0.133. The molecular weight excluding hydrogens is 364 g/mol. The Bertz CT molecular complexity index is 856. The van der Waals surface area contributed by atoms with Crippen LogP contribution in [0.4, 0.5) is 8.78 Å². The van der Waals surface area contributed by atoms with Gasteiger partial charge in [-0.3, -0.25) is 0 Å². The van der Waals surface area contributed by atoms with Crippen molar-refractivity contribution in [1.82, 2.24) is 4.72 Å². The fourth-order valence-corrected chi connectivity index (χ4v) is 3.44. The largest absolute Gasteiger partial charge is 0.550 e. The van der Waals surface area contributed by atoms with Crippen LogP contribution in [-0.4, -0.2) is 14.4 Å². The van der Waals surface area contributed by atoms with Gasteiger partial charge in [0, 0.05) is 23.5 Å². The number of rotatable bonds is 6. The summed E-state index contributed by atoms with van der Waals surface area (Å²) < 4.78 is 53.3. The van der Waals surface area contributed by atoms with Crippen molar-refractivity contribution >= 4 is 27.6 Å². The van der Waals surface area contributed by atoms with Crippen molar-refractivity contribution in [2.75, 3.05) is 0 Å². The zero-order valence-electron chi connectivity index (χ0n) is 12.0. The lowest BCUT2D eigenvalue weighted by molar-refractivity contribution is -0.306. The molecule has 0 bridgehead atoms. The summed E-state index contributed by atoms with van der Waals surface area (Å²) >= 11 is 5.73. The van der Waals surface area contributed by atoms with Crippen molar-refractivity contribution in [3.63, 3.8) is 0 Å². The van der Waals surface area contributed by atoms with Crippen LogP contribution in [0.25, 0.3) is 0 Å². The van der Waals surface area contributed by atoms with Crippen LogP contribution in [0, 0.1) is 11.6 Å². The maximum atomic E-state index is 13.7. The summed E-state index contributed by atoms with van der Waals surface area (Å²) in [5.74, 6) is -3.72. The van der Waals surface area contributed by atoms with Gasteiger partial charge in [-0.1, -0.05) is 23.7 Å². The highest BCUT2D eigenvalue weighted by atomic mass is 35.5. The first-order valence-electron chi connectivity index (χ1n) is 6.62. The lowest BCUT2D eigenvalue weighted by atomic mass is 10.1. The zero-order chi connectivity index (χ0) is 17.9. The van der Waals surface area contributed by atoms with E-state index in [4.69, 9.17) is 11.6 Å². The number of carbonyl (C=O) groups is 1. The lowest BCUT2D eigenvalue weighted by Crippen LogP contribution is -2.34. The van der Waals surface area contributed by atoms with Gasteiger partial charge in [0.15, 0.2) is 0 Å². The SMILES string of the molecule is O=C([O-])C[C@H](NS(=O)(=O)c1ccc(F)cc1F)c1ccc(Cl)cc1. The van der Waals surface area contributed by atoms with E-state index in [-0.39, 0.29) is 0 Å². The number of carboxylic acids is 1. The second-order valence-electron chi connectivity index (χ2n) is 4.88. The van der Waals surface area contributed by atoms with Gasteiger partial charge < -0.3 is 9.90 Å². The van der Waals surface area contributed by atoms with E-state index in [9.17, 15) is 27.1 Å². The maximum Gasteiger partial charge on any atom is 0.244 e. The molecule has 0 radical (unpaired) electrons. The summed E-state index contributed by atoms with van der Waals surface area (Å²) in [7, 11) is -4.43. The molecule has 0 saturated heterocycles. The molecule has 0 aliphatic rings. The smallest absolute Gasteiger partial charge is 0.244 e. The normalized spacial score (nSPS) is 12.8. The minimum Gasteiger partial charge on any atom is -0.550 e. The summed E-state index contributed by atoms with van der Waals surface area (Å²) in [5, 5.41) is 11.3. The number of nitrogens with one attached hydrogen (secondary N) is 1. The van der Waals surface area contributed by atoms with Gasteiger partial charge in [0.2, 0.25) is 10.0 Å². The topological polar surface area (TPSA) is 86.3 Å². The molecule has 1 N–H and O–H groups in total. The molecule has 0 aliphatic carbocycles. The number of hydrogen-bond acceptors (Lipinski definition) is 4. The van der Waals surface area contributed by atoms with Crippen molar-refractivity contribution in [3.8, 4) is 0 Å². The summed E-state index contributed by atoms with van der Waals surface area (Å²) in [5.41, 5.74) is 0.301. The highest BCUT2D eigenvalue weighted by Crippen LogP contribution is 2.23. The van der Waals surface area contributed by atoms with Gasteiger partial charge in [-0.05, 0) is 29.8 Å². The molecule has 128 valence electrons. The molecule has 2 rings (SSSR count). The first-order chi connectivity index (χ1) is 11.2. The molecule has 0 unspecified atom stereocenters. The number of sulfonamides is 1. The molecule has 0 spiro atoms. The van der Waals surface area contributed by atoms with Crippen LogP contribution in [0.1, 0.15) is 18.0 Å².